The molecule has 1 aliphatic heterocycles. The number of hydrogen-bond acceptors (Lipinski definition) is 3. The highest BCUT2D eigenvalue weighted by Crippen LogP contribution is 2.24. The van der Waals surface area contributed by atoms with Gasteiger partial charge in [0.1, 0.15) is 5.75 Å². The summed E-state index contributed by atoms with van der Waals surface area (Å²) < 4.78 is 5.81. The predicted octanol–water partition coefficient (Wildman–Crippen LogP) is 2.34. The molecule has 1 atom stereocenters. The third-order valence-corrected chi connectivity index (χ3v) is 3.30. The molecule has 1 unspecified atom stereocenters. The van der Waals surface area contributed by atoms with E-state index in [1.807, 2.05) is 32.6 Å². The van der Waals surface area contributed by atoms with Gasteiger partial charge in [0.05, 0.1) is 11.7 Å². The lowest BCUT2D eigenvalue weighted by Gasteiger charge is -2.41. The summed E-state index contributed by atoms with van der Waals surface area (Å²) in [5, 5.41) is 9.41. The highest BCUT2D eigenvalue weighted by molar-refractivity contribution is 5.96. The number of carbonyl (C=O) groups is 1. The average molecular weight is 263 g/mol. The van der Waals surface area contributed by atoms with Crippen LogP contribution in [0, 0.1) is 6.92 Å². The fourth-order valence-corrected chi connectivity index (χ4v) is 2.67. The van der Waals surface area contributed by atoms with E-state index in [1.165, 1.54) is 0 Å². The highest BCUT2D eigenvalue weighted by atomic mass is 16.5. The van der Waals surface area contributed by atoms with Gasteiger partial charge in [-0.25, -0.2) is 0 Å². The number of ether oxygens (including phenoxy) is 1. The quantitative estimate of drug-likeness (QED) is 0.846. The van der Waals surface area contributed by atoms with Gasteiger partial charge in [-0.3, -0.25) is 4.79 Å². The summed E-state index contributed by atoms with van der Waals surface area (Å²) in [5.74, 6) is 0.186. The third-order valence-electron chi connectivity index (χ3n) is 3.30. The number of amides is 1. The minimum atomic E-state index is -0.321. The molecule has 0 aliphatic carbocycles. The summed E-state index contributed by atoms with van der Waals surface area (Å²) in [6.07, 6.45) is 0.0325. The molecule has 2 rings (SSSR count). The van der Waals surface area contributed by atoms with Crippen molar-refractivity contribution in [3.8, 4) is 5.75 Å². The third kappa shape index (κ3) is 3.07. The van der Waals surface area contributed by atoms with E-state index in [0.29, 0.717) is 18.7 Å². The first kappa shape index (κ1) is 13.9. The Morgan fingerprint density at radius 1 is 1.47 bits per heavy atom. The monoisotopic (exact) mass is 263 g/mol. The van der Waals surface area contributed by atoms with Crippen molar-refractivity contribution in [2.24, 2.45) is 0 Å². The van der Waals surface area contributed by atoms with E-state index in [-0.39, 0.29) is 23.4 Å². The van der Waals surface area contributed by atoms with Crippen molar-refractivity contribution in [2.45, 2.75) is 39.4 Å². The first-order valence-electron chi connectivity index (χ1n) is 6.55. The fourth-order valence-electron chi connectivity index (χ4n) is 2.67. The van der Waals surface area contributed by atoms with Gasteiger partial charge in [-0.05, 0) is 51.5 Å². The van der Waals surface area contributed by atoms with Gasteiger partial charge in [0.25, 0.3) is 5.91 Å². The van der Waals surface area contributed by atoms with Crippen LogP contribution in [0.3, 0.4) is 0 Å². The number of phenolic OH excluding ortho intramolecular Hbond substituents is 1. The second-order valence-electron chi connectivity index (χ2n) is 5.87. The lowest BCUT2D eigenvalue weighted by molar-refractivity contribution is -0.118. The van der Waals surface area contributed by atoms with Crippen LogP contribution in [0.4, 0.5) is 0 Å². The van der Waals surface area contributed by atoms with E-state index in [2.05, 4.69) is 0 Å². The summed E-state index contributed by atoms with van der Waals surface area (Å²) in [5.41, 5.74) is 1.11. The van der Waals surface area contributed by atoms with Gasteiger partial charge in [-0.1, -0.05) is 0 Å². The standard InChI is InChI=1S/C15H21NO3/c1-10-7-12(17)5-6-13(10)14(18)16-8-11(2)19-15(3,4)9-16/h5-7,11,17H,8-9H2,1-4H3. The zero-order chi connectivity index (χ0) is 14.2. The summed E-state index contributed by atoms with van der Waals surface area (Å²) in [4.78, 5) is 14.4. The molecule has 104 valence electrons. The van der Waals surface area contributed by atoms with E-state index in [9.17, 15) is 9.90 Å². The summed E-state index contributed by atoms with van der Waals surface area (Å²) >= 11 is 0. The van der Waals surface area contributed by atoms with Crippen LogP contribution in [0.15, 0.2) is 18.2 Å². The molecule has 0 aromatic heterocycles. The highest BCUT2D eigenvalue weighted by Gasteiger charge is 2.34. The Labute approximate surface area is 114 Å². The molecule has 1 fully saturated rings. The molecule has 1 aromatic carbocycles. The number of benzene rings is 1. The number of carbonyl (C=O) groups excluding carboxylic acids is 1. The zero-order valence-electron chi connectivity index (χ0n) is 11.9. The van der Waals surface area contributed by atoms with E-state index < -0.39 is 0 Å². The smallest absolute Gasteiger partial charge is 0.254 e. The number of aryl methyl sites for hydroxylation is 1. The van der Waals surface area contributed by atoms with Gasteiger partial charge in [0.2, 0.25) is 0 Å². The van der Waals surface area contributed by atoms with Crippen LogP contribution < -0.4 is 0 Å². The first-order valence-corrected chi connectivity index (χ1v) is 6.55. The van der Waals surface area contributed by atoms with Gasteiger partial charge in [-0.2, -0.15) is 0 Å². The predicted molar refractivity (Wildman–Crippen MR) is 73.4 cm³/mol. The average Bonchev–Trinajstić information content (AvgIpc) is 2.25. The maximum Gasteiger partial charge on any atom is 0.254 e. The first-order chi connectivity index (χ1) is 8.78. The van der Waals surface area contributed by atoms with Crippen molar-refractivity contribution in [1.29, 1.82) is 0 Å². The van der Waals surface area contributed by atoms with Crippen LogP contribution in [0.25, 0.3) is 0 Å². The lowest BCUT2D eigenvalue weighted by atomic mass is 10.0. The lowest BCUT2D eigenvalue weighted by Crippen LogP contribution is -2.53. The van der Waals surface area contributed by atoms with E-state index >= 15 is 0 Å². The van der Waals surface area contributed by atoms with Gasteiger partial charge in [0, 0.05) is 18.7 Å². The van der Waals surface area contributed by atoms with Gasteiger partial charge in [0.15, 0.2) is 0 Å². The number of morpholine rings is 1. The summed E-state index contributed by atoms with van der Waals surface area (Å²) in [6.45, 7) is 8.98. The molecule has 1 saturated heterocycles. The summed E-state index contributed by atoms with van der Waals surface area (Å²) in [6, 6.07) is 4.84. The maximum atomic E-state index is 12.6. The van der Waals surface area contributed by atoms with Crippen LogP contribution in [-0.4, -0.2) is 40.7 Å². The topological polar surface area (TPSA) is 49.8 Å². The van der Waals surface area contributed by atoms with Gasteiger partial charge >= 0.3 is 0 Å². The molecule has 1 aliphatic rings. The van der Waals surface area contributed by atoms with Gasteiger partial charge < -0.3 is 14.7 Å². The molecule has 0 spiro atoms. The minimum absolute atomic E-state index is 0.000671. The second kappa shape index (κ2) is 4.85. The number of phenols is 1. The Kier molecular flexibility index (Phi) is 3.54. The molecule has 1 heterocycles. The van der Waals surface area contributed by atoms with Crippen LogP contribution >= 0.6 is 0 Å². The van der Waals surface area contributed by atoms with Crippen molar-refractivity contribution in [3.05, 3.63) is 29.3 Å². The van der Waals surface area contributed by atoms with Crippen LogP contribution in [0.1, 0.15) is 36.7 Å². The molecule has 1 amide bonds. The van der Waals surface area contributed by atoms with Crippen molar-refractivity contribution in [3.63, 3.8) is 0 Å². The SMILES string of the molecule is Cc1cc(O)ccc1C(=O)N1CC(C)OC(C)(C)C1. The molecule has 19 heavy (non-hydrogen) atoms. The Hall–Kier alpha value is -1.55. The van der Waals surface area contributed by atoms with Crippen molar-refractivity contribution >= 4 is 5.91 Å². The molecule has 1 N–H and O–H groups in total. The molecule has 4 heteroatoms. The molecule has 0 radical (unpaired) electrons. The van der Waals surface area contributed by atoms with E-state index in [0.717, 1.165) is 5.56 Å². The van der Waals surface area contributed by atoms with E-state index in [1.54, 1.807) is 18.2 Å². The molecule has 1 aromatic rings. The van der Waals surface area contributed by atoms with E-state index in [4.69, 9.17) is 4.74 Å². The number of rotatable bonds is 1. The number of hydrogen-bond donors (Lipinski definition) is 1. The fraction of sp³-hybridized carbons (Fsp3) is 0.533. The molecular weight excluding hydrogens is 242 g/mol. The van der Waals surface area contributed by atoms with Crippen molar-refractivity contribution in [2.75, 3.05) is 13.1 Å². The molecule has 0 saturated carbocycles. The summed E-state index contributed by atoms with van der Waals surface area (Å²) in [7, 11) is 0. The molecule has 0 bridgehead atoms. The van der Waals surface area contributed by atoms with Gasteiger partial charge in [-0.15, -0.1) is 0 Å². The van der Waals surface area contributed by atoms with Crippen LogP contribution in [0.5, 0.6) is 5.75 Å². The van der Waals surface area contributed by atoms with Crippen molar-refractivity contribution in [1.82, 2.24) is 4.90 Å². The number of aromatic hydroxyl groups is 1. The second-order valence-corrected chi connectivity index (χ2v) is 5.87. The number of nitrogens with zero attached hydrogens (tertiary/aromatic N) is 1. The largest absolute Gasteiger partial charge is 0.508 e. The Morgan fingerprint density at radius 3 is 2.74 bits per heavy atom. The molecule has 4 nitrogen and oxygen atoms in total. The normalized spacial score (nSPS) is 22.3. The zero-order valence-corrected chi connectivity index (χ0v) is 11.9. The Balaban J connectivity index is 2.24. The Bertz CT molecular complexity index is 496. The maximum absolute atomic E-state index is 12.6. The van der Waals surface area contributed by atoms with Crippen LogP contribution in [0.2, 0.25) is 0 Å². The van der Waals surface area contributed by atoms with Crippen molar-refractivity contribution < 1.29 is 14.6 Å². The minimum Gasteiger partial charge on any atom is -0.508 e. The van der Waals surface area contributed by atoms with Crippen LogP contribution in [-0.2, 0) is 4.74 Å². The Morgan fingerprint density at radius 2 is 2.16 bits per heavy atom. The molecular formula is C15H21NO3.